The number of benzene rings is 1. The van der Waals surface area contributed by atoms with Crippen LogP contribution in [-0.4, -0.2) is 68.4 Å². The standard InChI is InChI=1S/C20H18BrN7O3/c1-30-14-4-12-9(5-24-27-12)2-13(14)25-18-15-16(21)17(26-19(15)23-8-22-18)20(29)28-6-11-3-10(28)7-31-11/h2,4-5,8,10-11H,3,6-7H2,1H3,(H,24,27)(H2,22,23,25,26)/t10-,11-/m0/s1. The lowest BCUT2D eigenvalue weighted by Crippen LogP contribution is -2.41. The molecule has 3 aromatic heterocycles. The van der Waals surface area contributed by atoms with E-state index in [2.05, 4.69) is 46.4 Å². The van der Waals surface area contributed by atoms with Crippen molar-refractivity contribution < 1.29 is 14.3 Å². The lowest BCUT2D eigenvalue weighted by molar-refractivity contribution is 0.0255. The Balaban J connectivity index is 1.40. The number of morpholine rings is 1. The largest absolute Gasteiger partial charge is 0.494 e. The first-order chi connectivity index (χ1) is 15.1. The number of rotatable bonds is 4. The highest BCUT2D eigenvalue weighted by Crippen LogP contribution is 2.38. The molecule has 6 rings (SSSR count). The molecule has 2 fully saturated rings. The molecule has 10 nitrogen and oxygen atoms in total. The molecule has 2 aliphatic heterocycles. The van der Waals surface area contributed by atoms with E-state index in [4.69, 9.17) is 9.47 Å². The number of hydrogen-bond donors (Lipinski definition) is 3. The topological polar surface area (TPSA) is 121 Å². The molecule has 1 amide bonds. The Hall–Kier alpha value is -3.18. The molecule has 11 heteroatoms. The number of nitrogens with zero attached hydrogens (tertiary/aromatic N) is 4. The van der Waals surface area contributed by atoms with Crippen molar-refractivity contribution in [1.29, 1.82) is 0 Å². The second-order valence-corrected chi connectivity index (χ2v) is 8.49. The van der Waals surface area contributed by atoms with E-state index >= 15 is 0 Å². The summed E-state index contributed by atoms with van der Waals surface area (Å²) in [6.45, 7) is 1.21. The summed E-state index contributed by atoms with van der Waals surface area (Å²) in [5.74, 6) is 1.13. The minimum atomic E-state index is -0.0657. The van der Waals surface area contributed by atoms with Crippen molar-refractivity contribution in [3.63, 3.8) is 0 Å². The number of amides is 1. The third-order valence-electron chi connectivity index (χ3n) is 5.92. The molecule has 31 heavy (non-hydrogen) atoms. The molecule has 2 saturated heterocycles. The highest BCUT2D eigenvalue weighted by Gasteiger charge is 2.42. The molecular formula is C20H18BrN7O3. The van der Waals surface area contributed by atoms with Gasteiger partial charge in [0.05, 0.1) is 53.1 Å². The number of H-pyrrole nitrogens is 2. The fourth-order valence-electron chi connectivity index (χ4n) is 4.39. The first-order valence-electron chi connectivity index (χ1n) is 9.85. The number of aromatic amines is 2. The minimum Gasteiger partial charge on any atom is -0.494 e. The van der Waals surface area contributed by atoms with E-state index in [1.165, 1.54) is 6.33 Å². The number of halogens is 1. The number of carbonyl (C=O) groups excluding carboxylic acids is 1. The number of likely N-dealkylation sites (tertiary alicyclic amines) is 1. The number of anilines is 2. The summed E-state index contributed by atoms with van der Waals surface area (Å²) in [6, 6.07) is 3.93. The molecule has 5 heterocycles. The van der Waals surface area contributed by atoms with E-state index in [9.17, 15) is 4.79 Å². The fourth-order valence-corrected chi connectivity index (χ4v) is 5.03. The van der Waals surface area contributed by atoms with Crippen LogP contribution >= 0.6 is 15.9 Å². The van der Waals surface area contributed by atoms with Crippen molar-refractivity contribution in [2.24, 2.45) is 0 Å². The number of nitrogens with one attached hydrogen (secondary N) is 3. The normalized spacial score (nSPS) is 20.1. The average Bonchev–Trinajstić information content (AvgIpc) is 3.56. The lowest BCUT2D eigenvalue weighted by Gasteiger charge is -2.26. The molecular weight excluding hydrogens is 466 g/mol. The maximum absolute atomic E-state index is 13.2. The maximum atomic E-state index is 13.2. The summed E-state index contributed by atoms with van der Waals surface area (Å²) in [5, 5.41) is 12.0. The number of aromatic nitrogens is 5. The lowest BCUT2D eigenvalue weighted by atomic mass is 10.2. The zero-order valence-electron chi connectivity index (χ0n) is 16.5. The summed E-state index contributed by atoms with van der Waals surface area (Å²) in [6.07, 6.45) is 4.23. The Morgan fingerprint density at radius 1 is 1.39 bits per heavy atom. The van der Waals surface area contributed by atoms with Crippen LogP contribution in [0.3, 0.4) is 0 Å². The molecule has 0 unspecified atom stereocenters. The minimum absolute atomic E-state index is 0.0657. The molecule has 3 N–H and O–H groups in total. The molecule has 1 aromatic carbocycles. The van der Waals surface area contributed by atoms with Crippen LogP contribution in [0, 0.1) is 0 Å². The fraction of sp³-hybridized carbons (Fsp3) is 0.300. The zero-order valence-corrected chi connectivity index (χ0v) is 18.1. The van der Waals surface area contributed by atoms with Gasteiger partial charge in [0.1, 0.15) is 29.2 Å². The average molecular weight is 484 g/mol. The van der Waals surface area contributed by atoms with Crippen molar-refractivity contribution in [3.8, 4) is 5.75 Å². The first kappa shape index (κ1) is 18.6. The van der Waals surface area contributed by atoms with Crippen LogP contribution in [0.5, 0.6) is 5.75 Å². The summed E-state index contributed by atoms with van der Waals surface area (Å²) in [7, 11) is 1.61. The van der Waals surface area contributed by atoms with Crippen LogP contribution in [-0.2, 0) is 4.74 Å². The van der Waals surface area contributed by atoms with Gasteiger partial charge in [-0.15, -0.1) is 0 Å². The Labute approximate surface area is 184 Å². The first-order valence-corrected chi connectivity index (χ1v) is 10.6. The van der Waals surface area contributed by atoms with Crippen LogP contribution < -0.4 is 10.1 Å². The maximum Gasteiger partial charge on any atom is 0.271 e. The highest BCUT2D eigenvalue weighted by atomic mass is 79.9. The van der Waals surface area contributed by atoms with Gasteiger partial charge < -0.3 is 24.7 Å². The van der Waals surface area contributed by atoms with Gasteiger partial charge >= 0.3 is 0 Å². The Kier molecular flexibility index (Phi) is 4.15. The van der Waals surface area contributed by atoms with Gasteiger partial charge in [0.15, 0.2) is 0 Å². The number of ether oxygens (including phenoxy) is 2. The van der Waals surface area contributed by atoms with Crippen LogP contribution in [0.25, 0.3) is 21.9 Å². The predicted molar refractivity (Wildman–Crippen MR) is 117 cm³/mol. The van der Waals surface area contributed by atoms with Gasteiger partial charge in [0.25, 0.3) is 5.91 Å². The van der Waals surface area contributed by atoms with E-state index in [1.54, 1.807) is 13.3 Å². The van der Waals surface area contributed by atoms with Gasteiger partial charge in [-0.3, -0.25) is 9.89 Å². The summed E-state index contributed by atoms with van der Waals surface area (Å²) in [5.41, 5.74) is 2.63. The van der Waals surface area contributed by atoms with E-state index in [-0.39, 0.29) is 18.1 Å². The van der Waals surface area contributed by atoms with E-state index in [0.717, 1.165) is 23.0 Å². The van der Waals surface area contributed by atoms with Crippen molar-refractivity contribution in [3.05, 3.63) is 34.8 Å². The van der Waals surface area contributed by atoms with E-state index in [1.807, 2.05) is 17.0 Å². The SMILES string of the molecule is COc1cc2[nH]ncc2cc1Nc1ncnc2[nH]c(C(=O)N3C[C@@H]4C[C@H]3CO4)c(Br)c12. The molecule has 2 bridgehead atoms. The molecule has 0 aliphatic carbocycles. The molecule has 0 radical (unpaired) electrons. The third kappa shape index (κ3) is 2.87. The van der Waals surface area contributed by atoms with Gasteiger partial charge in [-0.25, -0.2) is 9.97 Å². The smallest absolute Gasteiger partial charge is 0.271 e. The zero-order chi connectivity index (χ0) is 21.1. The van der Waals surface area contributed by atoms with Gasteiger partial charge in [0, 0.05) is 18.0 Å². The molecule has 158 valence electrons. The van der Waals surface area contributed by atoms with Crippen LogP contribution in [0.2, 0.25) is 0 Å². The molecule has 2 atom stereocenters. The Morgan fingerprint density at radius 3 is 3.06 bits per heavy atom. The summed E-state index contributed by atoms with van der Waals surface area (Å²) >= 11 is 3.61. The van der Waals surface area contributed by atoms with Gasteiger partial charge in [0.2, 0.25) is 0 Å². The second kappa shape index (κ2) is 6.92. The van der Waals surface area contributed by atoms with Gasteiger partial charge in [-0.05, 0) is 28.4 Å². The highest BCUT2D eigenvalue weighted by molar-refractivity contribution is 9.10. The van der Waals surface area contributed by atoms with Gasteiger partial charge in [-0.1, -0.05) is 0 Å². The number of carbonyl (C=O) groups is 1. The number of fused-ring (bicyclic) bond motifs is 4. The van der Waals surface area contributed by atoms with Crippen molar-refractivity contribution >= 4 is 55.3 Å². The van der Waals surface area contributed by atoms with Crippen molar-refractivity contribution in [2.75, 3.05) is 25.6 Å². The summed E-state index contributed by atoms with van der Waals surface area (Å²) < 4.78 is 11.8. The van der Waals surface area contributed by atoms with Crippen molar-refractivity contribution in [1.82, 2.24) is 30.0 Å². The molecule has 4 aromatic rings. The van der Waals surface area contributed by atoms with E-state index in [0.29, 0.717) is 45.9 Å². The number of methoxy groups -OCH3 is 1. The quantitative estimate of drug-likeness (QED) is 0.407. The van der Waals surface area contributed by atoms with E-state index < -0.39 is 0 Å². The molecule has 0 saturated carbocycles. The predicted octanol–water partition coefficient (Wildman–Crippen LogP) is 2.96. The summed E-state index contributed by atoms with van der Waals surface area (Å²) in [4.78, 5) is 27.0. The number of hydrogen-bond acceptors (Lipinski definition) is 7. The van der Waals surface area contributed by atoms with Crippen LogP contribution in [0.4, 0.5) is 11.5 Å². The Bertz CT molecular complexity index is 1330. The van der Waals surface area contributed by atoms with Gasteiger partial charge in [-0.2, -0.15) is 5.10 Å². The third-order valence-corrected chi connectivity index (χ3v) is 6.71. The van der Waals surface area contributed by atoms with Crippen LogP contribution in [0.1, 0.15) is 16.9 Å². The van der Waals surface area contributed by atoms with Crippen LogP contribution in [0.15, 0.2) is 29.1 Å². The van der Waals surface area contributed by atoms with Crippen molar-refractivity contribution in [2.45, 2.75) is 18.6 Å². The monoisotopic (exact) mass is 483 g/mol. The second-order valence-electron chi connectivity index (χ2n) is 7.70. The Morgan fingerprint density at radius 2 is 2.29 bits per heavy atom. The molecule has 0 spiro atoms. The molecule has 2 aliphatic rings.